The maximum absolute atomic E-state index is 10.9. The minimum Gasteiger partial charge on any atom is -0.496 e. The zero-order valence-corrected chi connectivity index (χ0v) is 10.9. The van der Waals surface area contributed by atoms with Gasteiger partial charge in [0.1, 0.15) is 5.75 Å². The van der Waals surface area contributed by atoms with Gasteiger partial charge in [0.2, 0.25) is 6.54 Å². The van der Waals surface area contributed by atoms with Crippen LogP contribution in [0.15, 0.2) is 42.6 Å². The molecule has 5 nitrogen and oxygen atoms in total. The SMILES string of the molecule is COc1ccccc1C(C[N+](=O)[O-])c1cccn1C. The van der Waals surface area contributed by atoms with Crippen molar-refractivity contribution in [1.82, 2.24) is 4.57 Å². The second-order valence-electron chi connectivity index (χ2n) is 4.35. The van der Waals surface area contributed by atoms with Crippen molar-refractivity contribution in [3.05, 3.63) is 64.0 Å². The Labute approximate surface area is 111 Å². The Balaban J connectivity index is 2.49. The van der Waals surface area contributed by atoms with Crippen LogP contribution in [0.1, 0.15) is 17.2 Å². The highest BCUT2D eigenvalue weighted by molar-refractivity contribution is 5.40. The molecule has 0 aliphatic carbocycles. The van der Waals surface area contributed by atoms with Crippen molar-refractivity contribution >= 4 is 0 Å². The van der Waals surface area contributed by atoms with E-state index in [4.69, 9.17) is 4.74 Å². The first-order chi connectivity index (χ1) is 9.13. The quantitative estimate of drug-likeness (QED) is 0.613. The van der Waals surface area contributed by atoms with E-state index in [-0.39, 0.29) is 17.4 Å². The lowest BCUT2D eigenvalue weighted by atomic mass is 9.94. The molecular weight excluding hydrogens is 244 g/mol. The molecule has 5 heteroatoms. The summed E-state index contributed by atoms with van der Waals surface area (Å²) >= 11 is 0. The molecule has 1 aromatic heterocycles. The molecule has 0 saturated heterocycles. The molecule has 0 bridgehead atoms. The van der Waals surface area contributed by atoms with Gasteiger partial charge in [0.25, 0.3) is 0 Å². The lowest BCUT2D eigenvalue weighted by Crippen LogP contribution is -2.17. The van der Waals surface area contributed by atoms with Crippen LogP contribution in [0.5, 0.6) is 5.75 Å². The summed E-state index contributed by atoms with van der Waals surface area (Å²) in [5.41, 5.74) is 1.74. The number of rotatable bonds is 5. The minimum absolute atomic E-state index is 0.155. The first-order valence-corrected chi connectivity index (χ1v) is 5.99. The first-order valence-electron chi connectivity index (χ1n) is 5.99. The number of hydrogen-bond donors (Lipinski definition) is 0. The van der Waals surface area contributed by atoms with Gasteiger partial charge in [-0.2, -0.15) is 0 Å². The van der Waals surface area contributed by atoms with Crippen LogP contribution in [0, 0.1) is 10.1 Å². The number of para-hydroxylation sites is 1. The van der Waals surface area contributed by atoms with E-state index >= 15 is 0 Å². The molecule has 0 aliphatic rings. The third-order valence-electron chi connectivity index (χ3n) is 3.19. The van der Waals surface area contributed by atoms with E-state index in [1.54, 1.807) is 7.11 Å². The minimum atomic E-state index is -0.314. The summed E-state index contributed by atoms with van der Waals surface area (Å²) in [6.07, 6.45) is 1.89. The van der Waals surface area contributed by atoms with Crippen LogP contribution >= 0.6 is 0 Å². The Hall–Kier alpha value is -2.30. The summed E-state index contributed by atoms with van der Waals surface area (Å²) in [5, 5.41) is 10.9. The summed E-state index contributed by atoms with van der Waals surface area (Å²) < 4.78 is 7.22. The summed E-state index contributed by atoms with van der Waals surface area (Å²) in [6, 6.07) is 11.2. The normalized spacial score (nSPS) is 12.1. The zero-order chi connectivity index (χ0) is 13.8. The average molecular weight is 260 g/mol. The van der Waals surface area contributed by atoms with Gasteiger partial charge < -0.3 is 9.30 Å². The summed E-state index contributed by atoms with van der Waals surface area (Å²) in [6.45, 7) is -0.155. The predicted molar refractivity (Wildman–Crippen MR) is 72.1 cm³/mol. The lowest BCUT2D eigenvalue weighted by Gasteiger charge is -2.17. The molecule has 1 unspecified atom stereocenters. The van der Waals surface area contributed by atoms with Crippen molar-refractivity contribution in [3.8, 4) is 5.75 Å². The molecule has 0 radical (unpaired) electrons. The number of benzene rings is 1. The van der Waals surface area contributed by atoms with Crippen LogP contribution in [0.3, 0.4) is 0 Å². The summed E-state index contributed by atoms with van der Waals surface area (Å²) in [4.78, 5) is 10.7. The smallest absolute Gasteiger partial charge is 0.216 e. The Kier molecular flexibility index (Phi) is 3.85. The molecule has 1 atom stereocenters. The van der Waals surface area contributed by atoms with Crippen molar-refractivity contribution in [3.63, 3.8) is 0 Å². The maximum atomic E-state index is 10.9. The van der Waals surface area contributed by atoms with Crippen LogP contribution in [0.4, 0.5) is 0 Å². The largest absolute Gasteiger partial charge is 0.496 e. The summed E-state index contributed by atoms with van der Waals surface area (Å²) in [5.74, 6) is 0.363. The van der Waals surface area contributed by atoms with Crippen molar-refractivity contribution in [2.24, 2.45) is 7.05 Å². The van der Waals surface area contributed by atoms with Gasteiger partial charge in [0, 0.05) is 29.4 Å². The van der Waals surface area contributed by atoms with Crippen LogP contribution in [0.2, 0.25) is 0 Å². The number of nitrogens with zero attached hydrogens (tertiary/aromatic N) is 2. The maximum Gasteiger partial charge on any atom is 0.216 e. The van der Waals surface area contributed by atoms with Crippen LogP contribution in [-0.2, 0) is 7.05 Å². The standard InChI is InChI=1S/C14H16N2O3/c1-15-9-5-7-13(15)12(10-16(17)18)11-6-3-4-8-14(11)19-2/h3-9,12H,10H2,1-2H3. The molecule has 1 heterocycles. The van der Waals surface area contributed by atoms with E-state index in [1.165, 1.54) is 0 Å². The third-order valence-corrected chi connectivity index (χ3v) is 3.19. The molecule has 100 valence electrons. The fourth-order valence-corrected chi connectivity index (χ4v) is 2.29. The molecule has 19 heavy (non-hydrogen) atoms. The molecule has 2 aromatic rings. The first kappa shape index (κ1) is 13.1. The second kappa shape index (κ2) is 5.56. The van der Waals surface area contributed by atoms with Crippen molar-refractivity contribution in [2.45, 2.75) is 5.92 Å². The number of ether oxygens (including phenoxy) is 1. The molecule has 0 saturated carbocycles. The molecule has 1 aromatic carbocycles. The molecule has 2 rings (SSSR count). The van der Waals surface area contributed by atoms with Gasteiger partial charge >= 0.3 is 0 Å². The monoisotopic (exact) mass is 260 g/mol. The molecular formula is C14H16N2O3. The van der Waals surface area contributed by atoms with Gasteiger partial charge in [-0.15, -0.1) is 0 Å². The van der Waals surface area contributed by atoms with Crippen LogP contribution in [-0.4, -0.2) is 23.1 Å². The van der Waals surface area contributed by atoms with Gasteiger partial charge in [0.15, 0.2) is 0 Å². The van der Waals surface area contributed by atoms with Crippen LogP contribution < -0.4 is 4.74 Å². The highest BCUT2D eigenvalue weighted by Gasteiger charge is 2.25. The molecule has 0 amide bonds. The number of aromatic nitrogens is 1. The fraction of sp³-hybridized carbons (Fsp3) is 0.286. The van der Waals surface area contributed by atoms with Gasteiger partial charge in [-0.05, 0) is 18.2 Å². The fourth-order valence-electron chi connectivity index (χ4n) is 2.29. The van der Waals surface area contributed by atoms with E-state index in [0.717, 1.165) is 11.3 Å². The third kappa shape index (κ3) is 2.76. The van der Waals surface area contributed by atoms with Gasteiger partial charge in [-0.1, -0.05) is 18.2 Å². The van der Waals surface area contributed by atoms with E-state index in [0.29, 0.717) is 5.75 Å². The number of hydrogen-bond acceptors (Lipinski definition) is 3. The average Bonchev–Trinajstić information content (AvgIpc) is 2.82. The van der Waals surface area contributed by atoms with Crippen LogP contribution in [0.25, 0.3) is 0 Å². The molecule has 0 spiro atoms. The predicted octanol–water partition coefficient (Wildman–Crippen LogP) is 2.44. The second-order valence-corrected chi connectivity index (χ2v) is 4.35. The van der Waals surface area contributed by atoms with Gasteiger partial charge in [-0.3, -0.25) is 10.1 Å². The zero-order valence-electron chi connectivity index (χ0n) is 10.9. The highest BCUT2D eigenvalue weighted by Crippen LogP contribution is 2.31. The molecule has 0 aliphatic heterocycles. The van der Waals surface area contributed by atoms with Gasteiger partial charge in [0.05, 0.1) is 13.0 Å². The van der Waals surface area contributed by atoms with Crippen molar-refractivity contribution in [2.75, 3.05) is 13.7 Å². The number of methoxy groups -OCH3 is 1. The number of aryl methyl sites for hydroxylation is 1. The van der Waals surface area contributed by atoms with E-state index < -0.39 is 0 Å². The number of nitro groups is 1. The van der Waals surface area contributed by atoms with Crippen molar-refractivity contribution < 1.29 is 9.66 Å². The van der Waals surface area contributed by atoms with E-state index in [2.05, 4.69) is 0 Å². The van der Waals surface area contributed by atoms with Gasteiger partial charge in [-0.25, -0.2) is 0 Å². The molecule has 0 fully saturated rings. The van der Waals surface area contributed by atoms with E-state index in [1.807, 2.05) is 54.2 Å². The van der Waals surface area contributed by atoms with Crippen molar-refractivity contribution in [1.29, 1.82) is 0 Å². The lowest BCUT2D eigenvalue weighted by molar-refractivity contribution is -0.482. The summed E-state index contributed by atoms with van der Waals surface area (Å²) in [7, 11) is 3.46. The highest BCUT2D eigenvalue weighted by atomic mass is 16.6. The van der Waals surface area contributed by atoms with E-state index in [9.17, 15) is 10.1 Å². The Morgan fingerprint density at radius 3 is 2.63 bits per heavy atom. The Morgan fingerprint density at radius 1 is 1.32 bits per heavy atom. The molecule has 0 N–H and O–H groups in total. The topological polar surface area (TPSA) is 57.3 Å². The Morgan fingerprint density at radius 2 is 2.05 bits per heavy atom. The Bertz CT molecular complexity index is 578.